The number of benzene rings is 2. The molecule has 0 unspecified atom stereocenters. The molecular weight excluding hydrogens is 404 g/mol. The molecule has 0 aliphatic heterocycles. The van der Waals surface area contributed by atoms with Crippen LogP contribution < -0.4 is 10.0 Å². The first-order valence-electron chi connectivity index (χ1n) is 9.33. The van der Waals surface area contributed by atoms with E-state index in [9.17, 15) is 13.2 Å². The maximum Gasteiger partial charge on any atom is 0.262 e. The van der Waals surface area contributed by atoms with Crippen LogP contribution in [-0.2, 0) is 22.3 Å². The van der Waals surface area contributed by atoms with Crippen molar-refractivity contribution in [3.63, 3.8) is 0 Å². The molecule has 0 bridgehead atoms. The van der Waals surface area contributed by atoms with Gasteiger partial charge in [0.05, 0.1) is 10.6 Å². The molecule has 0 fully saturated rings. The van der Waals surface area contributed by atoms with Crippen LogP contribution in [0.5, 0.6) is 0 Å². The monoisotopic (exact) mass is 428 g/mol. The Kier molecular flexibility index (Phi) is 6.84. The van der Waals surface area contributed by atoms with Crippen LogP contribution >= 0.6 is 11.3 Å². The van der Waals surface area contributed by atoms with Crippen molar-refractivity contribution >= 4 is 27.3 Å². The molecular formula is C22H24N2O3S2. The lowest BCUT2D eigenvalue weighted by Crippen LogP contribution is -2.31. The summed E-state index contributed by atoms with van der Waals surface area (Å²) < 4.78 is 27.2. The zero-order valence-electron chi connectivity index (χ0n) is 16.4. The fourth-order valence-corrected chi connectivity index (χ4v) is 5.39. The number of carbonyl (C=O) groups excluding carboxylic acids is 1. The van der Waals surface area contributed by atoms with Crippen LogP contribution in [0.1, 0.15) is 34.6 Å². The average molecular weight is 429 g/mol. The third-order valence-electron chi connectivity index (χ3n) is 4.27. The van der Waals surface area contributed by atoms with Crippen molar-refractivity contribution in [3.05, 3.63) is 82.0 Å². The van der Waals surface area contributed by atoms with Gasteiger partial charge in [0.25, 0.3) is 5.91 Å². The van der Waals surface area contributed by atoms with E-state index in [1.165, 1.54) is 11.3 Å². The van der Waals surface area contributed by atoms with Crippen molar-refractivity contribution in [2.24, 2.45) is 0 Å². The summed E-state index contributed by atoms with van der Waals surface area (Å²) in [5.41, 5.74) is 3.35. The fraction of sp³-hybridized carbons (Fsp3) is 0.227. The van der Waals surface area contributed by atoms with Gasteiger partial charge in [-0.25, -0.2) is 13.1 Å². The summed E-state index contributed by atoms with van der Waals surface area (Å²) in [6.07, 6.45) is 0. The Balaban J connectivity index is 1.73. The number of hydrogen-bond donors (Lipinski definition) is 2. The minimum Gasteiger partial charge on any atom is -0.347 e. The molecule has 152 valence electrons. The highest BCUT2D eigenvalue weighted by atomic mass is 32.2. The van der Waals surface area contributed by atoms with Gasteiger partial charge in [0, 0.05) is 18.2 Å². The zero-order chi connectivity index (χ0) is 20.9. The van der Waals surface area contributed by atoms with E-state index in [1.807, 2.05) is 53.9 Å². The lowest BCUT2D eigenvalue weighted by molar-refractivity contribution is 0.0955. The molecule has 0 aliphatic carbocycles. The molecule has 2 aromatic carbocycles. The summed E-state index contributed by atoms with van der Waals surface area (Å²) in [6, 6.07) is 18.8. The van der Waals surface area contributed by atoms with Crippen molar-refractivity contribution in [2.75, 3.05) is 0 Å². The van der Waals surface area contributed by atoms with Gasteiger partial charge < -0.3 is 5.32 Å². The van der Waals surface area contributed by atoms with Crippen LogP contribution in [0.3, 0.4) is 0 Å². The zero-order valence-corrected chi connectivity index (χ0v) is 18.0. The maximum absolute atomic E-state index is 12.8. The van der Waals surface area contributed by atoms with E-state index in [4.69, 9.17) is 0 Å². The van der Waals surface area contributed by atoms with Crippen LogP contribution in [-0.4, -0.2) is 20.4 Å². The number of rotatable bonds is 8. The molecule has 0 radical (unpaired) electrons. The Bertz CT molecular complexity index is 1070. The van der Waals surface area contributed by atoms with Gasteiger partial charge in [-0.2, -0.15) is 0 Å². The van der Waals surface area contributed by atoms with Crippen molar-refractivity contribution in [1.29, 1.82) is 0 Å². The van der Waals surface area contributed by atoms with Gasteiger partial charge >= 0.3 is 0 Å². The molecule has 0 atom stereocenters. The van der Waals surface area contributed by atoms with Crippen LogP contribution in [0.15, 0.2) is 66.0 Å². The summed E-state index contributed by atoms with van der Waals surface area (Å²) in [5.74, 6) is -0.289. The van der Waals surface area contributed by atoms with E-state index in [1.54, 1.807) is 26.0 Å². The summed E-state index contributed by atoms with van der Waals surface area (Å²) in [4.78, 5) is 13.4. The molecule has 1 aromatic heterocycles. The number of hydrogen-bond acceptors (Lipinski definition) is 4. The summed E-state index contributed by atoms with van der Waals surface area (Å²) in [7, 11) is -3.44. The van der Waals surface area contributed by atoms with E-state index in [-0.39, 0.29) is 24.2 Å². The molecule has 29 heavy (non-hydrogen) atoms. The Labute approximate surface area is 175 Å². The van der Waals surface area contributed by atoms with Crippen molar-refractivity contribution in [1.82, 2.24) is 10.0 Å². The van der Waals surface area contributed by atoms with E-state index in [2.05, 4.69) is 10.0 Å². The highest BCUT2D eigenvalue weighted by molar-refractivity contribution is 7.88. The topological polar surface area (TPSA) is 75.3 Å². The number of carbonyl (C=O) groups is 1. The van der Waals surface area contributed by atoms with Crippen LogP contribution in [0.25, 0.3) is 11.1 Å². The molecule has 0 aliphatic rings. The molecule has 5 nitrogen and oxygen atoms in total. The van der Waals surface area contributed by atoms with E-state index in [0.717, 1.165) is 16.7 Å². The summed E-state index contributed by atoms with van der Waals surface area (Å²) in [6.45, 7) is 3.84. The fourth-order valence-electron chi connectivity index (χ4n) is 3.06. The highest BCUT2D eigenvalue weighted by Crippen LogP contribution is 2.28. The van der Waals surface area contributed by atoms with Crippen molar-refractivity contribution < 1.29 is 13.2 Å². The van der Waals surface area contributed by atoms with Gasteiger partial charge in [-0.3, -0.25) is 4.79 Å². The van der Waals surface area contributed by atoms with Gasteiger partial charge in [0.2, 0.25) is 10.0 Å². The number of amides is 1. The lowest BCUT2D eigenvalue weighted by Gasteiger charge is -2.13. The van der Waals surface area contributed by atoms with Gasteiger partial charge in [0.1, 0.15) is 0 Å². The van der Waals surface area contributed by atoms with E-state index in [0.29, 0.717) is 10.4 Å². The predicted octanol–water partition coefficient (Wildman–Crippen LogP) is 4.17. The normalized spacial score (nSPS) is 11.6. The Morgan fingerprint density at radius 3 is 2.31 bits per heavy atom. The van der Waals surface area contributed by atoms with Crippen molar-refractivity contribution in [2.45, 2.75) is 32.2 Å². The van der Waals surface area contributed by atoms with Crippen LogP contribution in [0.2, 0.25) is 0 Å². The molecule has 1 heterocycles. The second-order valence-electron chi connectivity index (χ2n) is 7.01. The molecule has 1 amide bonds. The average Bonchev–Trinajstić information content (AvgIpc) is 3.16. The SMILES string of the molecule is CC(C)NS(=O)(=O)Cc1ccccc1CNC(=O)c1sccc1-c1ccccc1. The maximum atomic E-state index is 12.8. The van der Waals surface area contributed by atoms with Gasteiger partial charge in [-0.1, -0.05) is 54.6 Å². The quantitative estimate of drug-likeness (QED) is 0.565. The minimum absolute atomic E-state index is 0.120. The Hall–Kier alpha value is -2.48. The third-order valence-corrected chi connectivity index (χ3v) is 6.71. The lowest BCUT2D eigenvalue weighted by atomic mass is 10.1. The molecule has 3 rings (SSSR count). The molecule has 0 saturated heterocycles. The largest absolute Gasteiger partial charge is 0.347 e. The first-order valence-corrected chi connectivity index (χ1v) is 11.9. The van der Waals surface area contributed by atoms with Crippen LogP contribution in [0.4, 0.5) is 0 Å². The van der Waals surface area contributed by atoms with Gasteiger partial charge in [-0.15, -0.1) is 11.3 Å². The standard InChI is InChI=1S/C22H24N2O3S2/c1-16(2)24-29(26,27)15-19-11-7-6-10-18(19)14-23-22(25)21-20(12-13-28-21)17-8-4-3-5-9-17/h3-13,16,24H,14-15H2,1-2H3,(H,23,25). The number of nitrogens with one attached hydrogen (secondary N) is 2. The number of sulfonamides is 1. The Morgan fingerprint density at radius 2 is 1.62 bits per heavy atom. The molecule has 3 aromatic rings. The van der Waals surface area contributed by atoms with Crippen LogP contribution in [0, 0.1) is 0 Å². The summed E-state index contributed by atoms with van der Waals surface area (Å²) in [5, 5.41) is 4.83. The van der Waals surface area contributed by atoms with Crippen molar-refractivity contribution in [3.8, 4) is 11.1 Å². The van der Waals surface area contributed by atoms with Gasteiger partial charge in [-0.05, 0) is 42.0 Å². The van der Waals surface area contributed by atoms with E-state index >= 15 is 0 Å². The Morgan fingerprint density at radius 1 is 0.966 bits per heavy atom. The van der Waals surface area contributed by atoms with Gasteiger partial charge in [0.15, 0.2) is 0 Å². The molecule has 0 spiro atoms. The first kappa shape index (κ1) is 21.2. The smallest absolute Gasteiger partial charge is 0.262 e. The first-order chi connectivity index (χ1) is 13.9. The second kappa shape index (κ2) is 9.35. The highest BCUT2D eigenvalue weighted by Gasteiger charge is 2.17. The third kappa shape index (κ3) is 5.76. The van der Waals surface area contributed by atoms with E-state index < -0.39 is 10.0 Å². The summed E-state index contributed by atoms with van der Waals surface area (Å²) >= 11 is 1.39. The predicted molar refractivity (Wildman–Crippen MR) is 118 cm³/mol. The minimum atomic E-state index is -3.44. The molecule has 7 heteroatoms. The molecule has 2 N–H and O–H groups in total. The second-order valence-corrected chi connectivity index (χ2v) is 9.68. The molecule has 0 saturated carbocycles. The number of thiophene rings is 1.